The lowest BCUT2D eigenvalue weighted by Gasteiger charge is -2.34. The molecule has 0 bridgehead atoms. The number of nitrogens with one attached hydrogen (secondary N) is 1. The molecule has 2 aromatic heterocycles. The molecule has 1 fully saturated rings. The molecule has 130 valence electrons. The summed E-state index contributed by atoms with van der Waals surface area (Å²) in [4.78, 5) is 15.6. The summed E-state index contributed by atoms with van der Waals surface area (Å²) >= 11 is 0. The Morgan fingerprint density at radius 1 is 1.29 bits per heavy atom. The molecule has 1 atom stereocenters. The molecule has 1 aliphatic rings. The van der Waals surface area contributed by atoms with Gasteiger partial charge in [-0.05, 0) is 51.3 Å². The normalized spacial score (nSPS) is 18.9. The Morgan fingerprint density at radius 3 is 3.00 bits per heavy atom. The van der Waals surface area contributed by atoms with Gasteiger partial charge in [-0.25, -0.2) is 15.0 Å². The van der Waals surface area contributed by atoms with Crippen molar-refractivity contribution in [3.63, 3.8) is 0 Å². The third-order valence-corrected chi connectivity index (χ3v) is 4.80. The third-order valence-electron chi connectivity index (χ3n) is 4.80. The highest BCUT2D eigenvalue weighted by Gasteiger charge is 2.20. The van der Waals surface area contributed by atoms with Gasteiger partial charge in [-0.1, -0.05) is 6.42 Å². The molecule has 1 aliphatic heterocycles. The van der Waals surface area contributed by atoms with E-state index in [0.29, 0.717) is 6.04 Å². The largest absolute Gasteiger partial charge is 0.395 e. The van der Waals surface area contributed by atoms with E-state index in [0.717, 1.165) is 60.6 Å². The minimum Gasteiger partial charge on any atom is -0.395 e. The van der Waals surface area contributed by atoms with Crippen LogP contribution < -0.4 is 5.32 Å². The summed E-state index contributed by atoms with van der Waals surface area (Å²) in [6.45, 7) is 7.30. The highest BCUT2D eigenvalue weighted by atomic mass is 16.3. The molecule has 0 aliphatic carbocycles. The van der Waals surface area contributed by atoms with Crippen LogP contribution in [0.1, 0.15) is 36.9 Å². The van der Waals surface area contributed by atoms with Gasteiger partial charge in [0.05, 0.1) is 12.0 Å². The number of likely N-dealkylation sites (tertiary alicyclic amines) is 1. The van der Waals surface area contributed by atoms with Crippen molar-refractivity contribution >= 4 is 16.9 Å². The highest BCUT2D eigenvalue weighted by molar-refractivity contribution is 5.89. The Balaban J connectivity index is 1.60. The smallest absolute Gasteiger partial charge is 0.165 e. The molecule has 3 rings (SSSR count). The lowest BCUT2D eigenvalue weighted by atomic mass is 10.0. The van der Waals surface area contributed by atoms with Crippen molar-refractivity contribution in [2.24, 2.45) is 0 Å². The molecule has 1 saturated heterocycles. The zero-order valence-electron chi connectivity index (χ0n) is 14.6. The van der Waals surface area contributed by atoms with Crippen LogP contribution in [0, 0.1) is 13.8 Å². The van der Waals surface area contributed by atoms with Crippen LogP contribution in [0.3, 0.4) is 0 Å². The van der Waals surface area contributed by atoms with Crippen LogP contribution in [0.4, 0.5) is 5.82 Å². The molecule has 6 heteroatoms. The Hall–Kier alpha value is -1.79. The van der Waals surface area contributed by atoms with Crippen LogP contribution in [-0.2, 0) is 0 Å². The van der Waals surface area contributed by atoms with Gasteiger partial charge in [-0.15, -0.1) is 0 Å². The third kappa shape index (κ3) is 3.82. The van der Waals surface area contributed by atoms with Crippen molar-refractivity contribution in [1.82, 2.24) is 19.9 Å². The first kappa shape index (κ1) is 17.0. The number of pyridine rings is 1. The average molecular weight is 329 g/mol. The zero-order valence-corrected chi connectivity index (χ0v) is 14.6. The first-order valence-corrected chi connectivity index (χ1v) is 8.87. The number of hydrogen-bond donors (Lipinski definition) is 2. The second-order valence-corrected chi connectivity index (χ2v) is 6.65. The minimum absolute atomic E-state index is 0.272. The average Bonchev–Trinajstić information content (AvgIpc) is 2.58. The van der Waals surface area contributed by atoms with Gasteiger partial charge >= 0.3 is 0 Å². The second kappa shape index (κ2) is 7.85. The summed E-state index contributed by atoms with van der Waals surface area (Å²) in [5.41, 5.74) is 2.88. The molecule has 2 aromatic rings. The molecule has 2 N–H and O–H groups in total. The number of hydrogen-bond acceptors (Lipinski definition) is 6. The van der Waals surface area contributed by atoms with Gasteiger partial charge in [-0.2, -0.15) is 0 Å². The fourth-order valence-electron chi connectivity index (χ4n) is 3.59. The SMILES string of the molecule is Cc1cc(C)c2c(NCCCN3CCCCC3CO)ncnc2n1. The van der Waals surface area contributed by atoms with Crippen molar-refractivity contribution in [2.75, 3.05) is 31.6 Å². The first-order valence-electron chi connectivity index (χ1n) is 8.87. The lowest BCUT2D eigenvalue weighted by Crippen LogP contribution is -2.42. The molecule has 0 spiro atoms. The van der Waals surface area contributed by atoms with Crippen molar-refractivity contribution in [3.8, 4) is 0 Å². The Morgan fingerprint density at radius 2 is 2.17 bits per heavy atom. The molecular formula is C18H27N5O. The molecule has 0 radical (unpaired) electrons. The van der Waals surface area contributed by atoms with Crippen LogP contribution in [0.15, 0.2) is 12.4 Å². The van der Waals surface area contributed by atoms with Gasteiger partial charge < -0.3 is 10.4 Å². The monoisotopic (exact) mass is 329 g/mol. The second-order valence-electron chi connectivity index (χ2n) is 6.65. The van der Waals surface area contributed by atoms with Gasteiger partial charge in [0.2, 0.25) is 0 Å². The van der Waals surface area contributed by atoms with E-state index < -0.39 is 0 Å². The van der Waals surface area contributed by atoms with Crippen molar-refractivity contribution in [2.45, 2.75) is 45.6 Å². The Kier molecular flexibility index (Phi) is 5.58. The number of anilines is 1. The maximum absolute atomic E-state index is 9.49. The lowest BCUT2D eigenvalue weighted by molar-refractivity contribution is 0.0901. The molecule has 3 heterocycles. The summed E-state index contributed by atoms with van der Waals surface area (Å²) in [7, 11) is 0. The summed E-state index contributed by atoms with van der Waals surface area (Å²) in [5, 5.41) is 13.9. The van der Waals surface area contributed by atoms with E-state index >= 15 is 0 Å². The van der Waals surface area contributed by atoms with Crippen molar-refractivity contribution in [1.29, 1.82) is 0 Å². The van der Waals surface area contributed by atoms with E-state index in [4.69, 9.17) is 0 Å². The number of aryl methyl sites for hydroxylation is 2. The van der Waals surface area contributed by atoms with Crippen molar-refractivity contribution in [3.05, 3.63) is 23.7 Å². The topological polar surface area (TPSA) is 74.2 Å². The van der Waals surface area contributed by atoms with E-state index in [1.165, 1.54) is 12.8 Å². The maximum atomic E-state index is 9.49. The number of aliphatic hydroxyl groups excluding tert-OH is 1. The molecule has 0 aromatic carbocycles. The molecule has 0 amide bonds. The summed E-state index contributed by atoms with van der Waals surface area (Å²) in [5.74, 6) is 0.863. The number of rotatable bonds is 6. The molecule has 24 heavy (non-hydrogen) atoms. The molecule has 1 unspecified atom stereocenters. The first-order chi connectivity index (χ1) is 11.7. The van der Waals surface area contributed by atoms with Crippen LogP contribution in [0.25, 0.3) is 11.0 Å². The summed E-state index contributed by atoms with van der Waals surface area (Å²) in [6.07, 6.45) is 6.19. The standard InChI is InChI=1S/C18H27N5O/c1-13-10-14(2)22-18-16(13)17(20-12-21-18)19-7-5-9-23-8-4-3-6-15(23)11-24/h10,12,15,24H,3-9,11H2,1-2H3,(H,19,20,21,22). The predicted octanol–water partition coefficient (Wildman–Crippen LogP) is 2.29. The van der Waals surface area contributed by atoms with Gasteiger partial charge in [-0.3, -0.25) is 4.90 Å². The molecule has 6 nitrogen and oxygen atoms in total. The maximum Gasteiger partial charge on any atom is 0.165 e. The Bertz CT molecular complexity index is 690. The van der Waals surface area contributed by atoms with E-state index in [1.807, 2.05) is 6.92 Å². The zero-order chi connectivity index (χ0) is 16.9. The quantitative estimate of drug-likeness (QED) is 0.792. The number of nitrogens with zero attached hydrogens (tertiary/aromatic N) is 4. The van der Waals surface area contributed by atoms with Gasteiger partial charge in [0, 0.05) is 24.8 Å². The summed E-state index contributed by atoms with van der Waals surface area (Å²) < 4.78 is 0. The van der Waals surface area contributed by atoms with Gasteiger partial charge in [0.25, 0.3) is 0 Å². The fourth-order valence-corrected chi connectivity index (χ4v) is 3.59. The van der Waals surface area contributed by atoms with E-state index in [1.54, 1.807) is 6.33 Å². The van der Waals surface area contributed by atoms with Crippen LogP contribution in [-0.4, -0.2) is 57.2 Å². The van der Waals surface area contributed by atoms with E-state index in [2.05, 4.69) is 38.2 Å². The Labute approximate surface area is 143 Å². The highest BCUT2D eigenvalue weighted by Crippen LogP contribution is 2.22. The van der Waals surface area contributed by atoms with Crippen LogP contribution in [0.2, 0.25) is 0 Å². The predicted molar refractivity (Wildman–Crippen MR) is 96.2 cm³/mol. The fraction of sp³-hybridized carbons (Fsp3) is 0.611. The van der Waals surface area contributed by atoms with Crippen LogP contribution in [0.5, 0.6) is 0 Å². The number of piperidine rings is 1. The summed E-state index contributed by atoms with van der Waals surface area (Å²) in [6, 6.07) is 2.41. The van der Waals surface area contributed by atoms with Gasteiger partial charge in [0.1, 0.15) is 12.1 Å². The molecule has 0 saturated carbocycles. The van der Waals surface area contributed by atoms with E-state index in [9.17, 15) is 5.11 Å². The molecular weight excluding hydrogens is 302 g/mol. The minimum atomic E-state index is 0.272. The van der Waals surface area contributed by atoms with Gasteiger partial charge in [0.15, 0.2) is 5.65 Å². The van der Waals surface area contributed by atoms with Crippen molar-refractivity contribution < 1.29 is 5.11 Å². The number of aliphatic hydroxyl groups is 1. The number of fused-ring (bicyclic) bond motifs is 1. The van der Waals surface area contributed by atoms with E-state index in [-0.39, 0.29) is 6.61 Å². The van der Waals surface area contributed by atoms with Crippen LogP contribution >= 0.6 is 0 Å². The number of aromatic nitrogens is 3.